The number of benzene rings is 2. The molecule has 1 atom stereocenters. The lowest BCUT2D eigenvalue weighted by Crippen LogP contribution is -2.41. The second-order valence-corrected chi connectivity index (χ2v) is 10.8. The normalized spacial score (nSPS) is 20.4. The molecule has 0 bridgehead atoms. The van der Waals surface area contributed by atoms with Gasteiger partial charge in [-0.3, -0.25) is 14.9 Å². The largest absolute Gasteiger partial charge is 0.303 e. The van der Waals surface area contributed by atoms with Crippen LogP contribution in [0, 0.1) is 21.8 Å². The second-order valence-electron chi connectivity index (χ2n) is 8.91. The van der Waals surface area contributed by atoms with E-state index in [-0.39, 0.29) is 28.5 Å². The van der Waals surface area contributed by atoms with Crippen LogP contribution in [0.2, 0.25) is 0 Å². The Kier molecular flexibility index (Phi) is 7.39. The number of sulfonamides is 1. The van der Waals surface area contributed by atoms with Crippen molar-refractivity contribution >= 4 is 21.5 Å². The van der Waals surface area contributed by atoms with Gasteiger partial charge in [-0.1, -0.05) is 12.1 Å². The fourth-order valence-electron chi connectivity index (χ4n) is 4.97. The summed E-state index contributed by atoms with van der Waals surface area (Å²) in [5, 5.41) is 11.4. The van der Waals surface area contributed by atoms with Gasteiger partial charge in [-0.25, -0.2) is 12.8 Å². The maximum atomic E-state index is 13.2. The number of piperidine rings is 1. The fourth-order valence-corrected chi connectivity index (χ4v) is 6.85. The van der Waals surface area contributed by atoms with Crippen LogP contribution in [0.1, 0.15) is 42.5 Å². The minimum atomic E-state index is -3.97. The highest BCUT2D eigenvalue weighted by Gasteiger charge is 2.38. The molecule has 4 rings (SSSR count). The van der Waals surface area contributed by atoms with E-state index in [9.17, 15) is 27.7 Å². The average Bonchev–Trinajstić information content (AvgIpc) is 3.33. The number of para-hydroxylation sites is 1. The predicted molar refractivity (Wildman–Crippen MR) is 125 cm³/mol. The van der Waals surface area contributed by atoms with Gasteiger partial charge in [0.05, 0.1) is 4.92 Å². The fraction of sp³-hybridized carbons (Fsp3) is 0.458. The summed E-state index contributed by atoms with van der Waals surface area (Å²) in [4.78, 5) is 25.4. The zero-order valence-corrected chi connectivity index (χ0v) is 19.6. The monoisotopic (exact) mass is 489 g/mol. The van der Waals surface area contributed by atoms with E-state index in [2.05, 4.69) is 4.90 Å². The van der Waals surface area contributed by atoms with E-state index in [1.807, 2.05) is 0 Å². The highest BCUT2D eigenvalue weighted by molar-refractivity contribution is 7.89. The van der Waals surface area contributed by atoms with Gasteiger partial charge in [-0.05, 0) is 82.1 Å². The molecule has 0 N–H and O–H groups in total. The molecule has 10 heteroatoms. The summed E-state index contributed by atoms with van der Waals surface area (Å²) in [5.41, 5.74) is 0.128. The molecule has 2 heterocycles. The molecule has 0 aliphatic carbocycles. The third-order valence-electron chi connectivity index (χ3n) is 6.84. The summed E-state index contributed by atoms with van der Waals surface area (Å²) in [6.07, 6.45) is 3.49. The van der Waals surface area contributed by atoms with Crippen molar-refractivity contribution in [1.82, 2.24) is 9.21 Å². The number of carbonyl (C=O) groups is 1. The third-order valence-corrected chi connectivity index (χ3v) is 8.84. The first-order valence-electron chi connectivity index (χ1n) is 11.5. The summed E-state index contributed by atoms with van der Waals surface area (Å²) in [5.74, 6) is -0.419. The van der Waals surface area contributed by atoms with Crippen molar-refractivity contribution in [2.75, 3.05) is 26.2 Å². The molecule has 0 unspecified atom stereocenters. The number of ketones is 1. The SMILES string of the molecule is O=C(c1ccc(F)cc1)C1CCN(CC[C@@H]2CCCN2S(=O)(=O)c2ccccc2[N+](=O)[O-])CC1. The third kappa shape index (κ3) is 5.18. The first-order valence-corrected chi connectivity index (χ1v) is 13.0. The van der Waals surface area contributed by atoms with Crippen LogP contribution in [0.4, 0.5) is 10.1 Å². The quantitative estimate of drug-likeness (QED) is 0.317. The van der Waals surface area contributed by atoms with Crippen LogP contribution in [-0.2, 0) is 10.0 Å². The van der Waals surface area contributed by atoms with E-state index in [0.29, 0.717) is 37.9 Å². The Hall–Kier alpha value is -2.69. The summed E-state index contributed by atoms with van der Waals surface area (Å²) < 4.78 is 41.0. The minimum Gasteiger partial charge on any atom is -0.303 e. The second kappa shape index (κ2) is 10.3. The van der Waals surface area contributed by atoms with Crippen LogP contribution in [0.25, 0.3) is 0 Å². The molecule has 0 saturated carbocycles. The topological polar surface area (TPSA) is 101 Å². The number of carbonyl (C=O) groups excluding carboxylic acids is 1. The first-order chi connectivity index (χ1) is 16.3. The van der Waals surface area contributed by atoms with Gasteiger partial charge in [-0.15, -0.1) is 0 Å². The molecule has 2 aromatic carbocycles. The molecule has 2 aliphatic heterocycles. The van der Waals surface area contributed by atoms with Crippen LogP contribution in [0.15, 0.2) is 53.4 Å². The molecule has 2 fully saturated rings. The number of hydrogen-bond acceptors (Lipinski definition) is 6. The molecule has 0 aromatic heterocycles. The van der Waals surface area contributed by atoms with Crippen LogP contribution in [0.5, 0.6) is 0 Å². The van der Waals surface area contributed by atoms with Gasteiger partial charge in [0.25, 0.3) is 5.69 Å². The van der Waals surface area contributed by atoms with Gasteiger partial charge < -0.3 is 4.90 Å². The van der Waals surface area contributed by atoms with Gasteiger partial charge in [0.2, 0.25) is 10.0 Å². The van der Waals surface area contributed by atoms with E-state index in [1.165, 1.54) is 52.8 Å². The zero-order chi connectivity index (χ0) is 24.3. The van der Waals surface area contributed by atoms with Crippen molar-refractivity contribution in [3.63, 3.8) is 0 Å². The van der Waals surface area contributed by atoms with Crippen LogP contribution < -0.4 is 0 Å². The van der Waals surface area contributed by atoms with Gasteiger partial charge in [0.1, 0.15) is 5.82 Å². The number of hydrogen-bond donors (Lipinski definition) is 0. The van der Waals surface area contributed by atoms with E-state index in [0.717, 1.165) is 25.9 Å². The summed E-state index contributed by atoms with van der Waals surface area (Å²) in [6, 6.07) is 10.9. The standard InChI is InChI=1S/C24H28FN3O5S/c25-20-9-7-18(8-10-20)24(29)19-11-15-26(16-12-19)17-13-21-4-3-14-27(21)34(32,33)23-6-2-1-5-22(23)28(30)31/h1-2,5-10,19,21H,3-4,11-17H2/t21-/m0/s1. The number of nitrogens with zero attached hydrogens (tertiary/aromatic N) is 3. The van der Waals surface area contributed by atoms with E-state index in [1.54, 1.807) is 0 Å². The van der Waals surface area contributed by atoms with E-state index < -0.39 is 20.6 Å². The van der Waals surface area contributed by atoms with Crippen molar-refractivity contribution in [1.29, 1.82) is 0 Å². The molecule has 182 valence electrons. The Bertz CT molecular complexity index is 1150. The maximum absolute atomic E-state index is 13.2. The smallest absolute Gasteiger partial charge is 0.289 e. The number of nitro groups is 1. The highest BCUT2D eigenvalue weighted by atomic mass is 32.2. The molecule has 2 aliphatic rings. The van der Waals surface area contributed by atoms with Crippen LogP contribution >= 0.6 is 0 Å². The van der Waals surface area contributed by atoms with Crippen LogP contribution in [0.3, 0.4) is 0 Å². The van der Waals surface area contributed by atoms with Gasteiger partial charge >= 0.3 is 0 Å². The van der Waals surface area contributed by atoms with Crippen LogP contribution in [-0.4, -0.2) is 60.6 Å². The lowest BCUT2D eigenvalue weighted by molar-refractivity contribution is -0.387. The minimum absolute atomic E-state index is 0.0390. The number of rotatable bonds is 8. The predicted octanol–water partition coefficient (Wildman–Crippen LogP) is 3.87. The van der Waals surface area contributed by atoms with E-state index >= 15 is 0 Å². The Balaban J connectivity index is 1.34. The van der Waals surface area contributed by atoms with Crippen molar-refractivity contribution in [2.45, 2.75) is 43.0 Å². The number of nitro benzene ring substituents is 1. The average molecular weight is 490 g/mol. The highest BCUT2D eigenvalue weighted by Crippen LogP contribution is 2.32. The molecular formula is C24H28FN3O5S. The van der Waals surface area contributed by atoms with E-state index in [4.69, 9.17) is 0 Å². The lowest BCUT2D eigenvalue weighted by atomic mass is 9.89. The van der Waals surface area contributed by atoms with Crippen molar-refractivity contribution in [2.24, 2.45) is 5.92 Å². The number of Topliss-reactive ketones (excluding diaryl/α,β-unsaturated/α-hetero) is 1. The Morgan fingerprint density at radius 3 is 2.38 bits per heavy atom. The summed E-state index contributed by atoms with van der Waals surface area (Å²) in [7, 11) is -3.97. The Morgan fingerprint density at radius 1 is 1.03 bits per heavy atom. The first kappa shape index (κ1) is 24.4. The van der Waals surface area contributed by atoms with Gasteiger partial charge in [0, 0.05) is 30.1 Å². The van der Waals surface area contributed by atoms with Gasteiger partial charge in [-0.2, -0.15) is 4.31 Å². The molecule has 0 amide bonds. The van der Waals surface area contributed by atoms with Crippen molar-refractivity contribution in [3.05, 3.63) is 70.0 Å². The number of halogens is 1. The maximum Gasteiger partial charge on any atom is 0.289 e. The molecular weight excluding hydrogens is 461 g/mol. The molecule has 8 nitrogen and oxygen atoms in total. The zero-order valence-electron chi connectivity index (χ0n) is 18.8. The molecule has 0 radical (unpaired) electrons. The molecule has 2 aromatic rings. The Morgan fingerprint density at radius 2 is 1.71 bits per heavy atom. The summed E-state index contributed by atoms with van der Waals surface area (Å²) >= 11 is 0. The molecule has 2 saturated heterocycles. The number of likely N-dealkylation sites (tertiary alicyclic amines) is 1. The lowest BCUT2D eigenvalue weighted by Gasteiger charge is -2.33. The van der Waals surface area contributed by atoms with Gasteiger partial charge in [0.15, 0.2) is 10.7 Å². The Labute approximate surface area is 198 Å². The summed E-state index contributed by atoms with van der Waals surface area (Å²) in [6.45, 7) is 2.53. The van der Waals surface area contributed by atoms with Crippen molar-refractivity contribution in [3.8, 4) is 0 Å². The molecule has 34 heavy (non-hydrogen) atoms. The van der Waals surface area contributed by atoms with Crippen molar-refractivity contribution < 1.29 is 22.5 Å². The molecule has 0 spiro atoms.